The van der Waals surface area contributed by atoms with Gasteiger partial charge in [0.25, 0.3) is 0 Å². The van der Waals surface area contributed by atoms with Crippen LogP contribution in [0.3, 0.4) is 0 Å². The number of fused-ring (bicyclic) bond motifs is 1. The predicted molar refractivity (Wildman–Crippen MR) is 225 cm³/mol. The van der Waals surface area contributed by atoms with Gasteiger partial charge < -0.3 is 23.8 Å². The Morgan fingerprint density at radius 3 is 2.33 bits per heavy atom. The lowest BCUT2D eigenvalue weighted by atomic mass is 9.76. The van der Waals surface area contributed by atoms with Crippen molar-refractivity contribution >= 4 is 29.5 Å². The van der Waals surface area contributed by atoms with Crippen molar-refractivity contribution in [2.45, 2.75) is 138 Å². The zero-order valence-corrected chi connectivity index (χ0v) is 36.5. The van der Waals surface area contributed by atoms with Crippen molar-refractivity contribution in [3.05, 3.63) is 92.2 Å². The first-order valence-corrected chi connectivity index (χ1v) is 21.3. The van der Waals surface area contributed by atoms with Gasteiger partial charge in [-0.1, -0.05) is 89.4 Å². The number of rotatable bonds is 12. The molecule has 5 rings (SSSR count). The summed E-state index contributed by atoms with van der Waals surface area (Å²) >= 11 is 1.62. The highest BCUT2D eigenvalue weighted by Gasteiger charge is 2.52. The summed E-state index contributed by atoms with van der Waals surface area (Å²) in [5.74, 6) is 6.55. The van der Waals surface area contributed by atoms with Crippen molar-refractivity contribution in [3.8, 4) is 11.8 Å². The highest BCUT2D eigenvalue weighted by molar-refractivity contribution is 7.13. The van der Waals surface area contributed by atoms with Gasteiger partial charge in [0, 0.05) is 17.0 Å². The third-order valence-corrected chi connectivity index (χ3v) is 11.5. The summed E-state index contributed by atoms with van der Waals surface area (Å²) in [6, 6.07) is 17.1. The lowest BCUT2D eigenvalue weighted by molar-refractivity contribution is -0.0828. The molecular weight excluding hydrogens is 737 g/mol. The van der Waals surface area contributed by atoms with Gasteiger partial charge in [-0.25, -0.2) is 14.4 Å². The quantitative estimate of drug-likeness (QED) is 0.0779. The largest absolute Gasteiger partial charge is 0.462 e. The highest BCUT2D eigenvalue weighted by Crippen LogP contribution is 2.42. The van der Waals surface area contributed by atoms with Gasteiger partial charge in [0.05, 0.1) is 35.7 Å². The average molecular weight is 799 g/mol. The molecule has 0 saturated carbocycles. The molecule has 0 unspecified atom stereocenters. The Labute approximate surface area is 344 Å². The van der Waals surface area contributed by atoms with Crippen LogP contribution in [-0.2, 0) is 44.8 Å². The van der Waals surface area contributed by atoms with E-state index >= 15 is 0 Å². The molecule has 0 radical (unpaired) electrons. The van der Waals surface area contributed by atoms with Gasteiger partial charge in [-0.2, -0.15) is 0 Å². The summed E-state index contributed by atoms with van der Waals surface area (Å²) in [4.78, 5) is 46.2. The third kappa shape index (κ3) is 11.9. The van der Waals surface area contributed by atoms with Gasteiger partial charge in [0.15, 0.2) is 0 Å². The van der Waals surface area contributed by atoms with Crippen LogP contribution in [0.5, 0.6) is 0 Å². The number of nitrogens with zero attached hydrogens (tertiary/aromatic N) is 2. The van der Waals surface area contributed by atoms with Crippen molar-refractivity contribution in [1.29, 1.82) is 0 Å². The van der Waals surface area contributed by atoms with E-state index in [0.29, 0.717) is 25.1 Å². The monoisotopic (exact) mass is 798 g/mol. The van der Waals surface area contributed by atoms with Crippen LogP contribution in [0.25, 0.3) is 0 Å². The van der Waals surface area contributed by atoms with Gasteiger partial charge in [-0.3, -0.25) is 4.90 Å². The minimum absolute atomic E-state index is 0.114. The first kappa shape index (κ1) is 43.8. The molecule has 0 spiro atoms. The summed E-state index contributed by atoms with van der Waals surface area (Å²) < 4.78 is 24.1. The molecule has 1 saturated heterocycles. The number of benzene rings is 2. The average Bonchev–Trinajstić information content (AvgIpc) is 3.60. The maximum absolute atomic E-state index is 13.9. The van der Waals surface area contributed by atoms with Gasteiger partial charge in [0.2, 0.25) is 0 Å². The minimum atomic E-state index is -1.01. The number of hydrogen-bond acceptors (Lipinski definition) is 8. The summed E-state index contributed by atoms with van der Waals surface area (Å²) in [5, 5.41) is 0. The molecule has 0 N–H and O–H groups in total. The Bertz CT molecular complexity index is 1910. The molecule has 0 bridgehead atoms. The molecule has 1 fully saturated rings. The second kappa shape index (κ2) is 18.5. The first-order valence-electron chi connectivity index (χ1n) is 20.4. The fourth-order valence-electron chi connectivity index (χ4n) is 7.51. The topological polar surface area (TPSA) is 94.6 Å². The van der Waals surface area contributed by atoms with Crippen molar-refractivity contribution < 1.29 is 33.3 Å². The van der Waals surface area contributed by atoms with Crippen LogP contribution in [0.4, 0.5) is 9.59 Å². The maximum Gasteiger partial charge on any atom is 0.412 e. The van der Waals surface area contributed by atoms with Crippen LogP contribution in [0, 0.1) is 23.2 Å². The second-order valence-corrected chi connectivity index (χ2v) is 19.2. The molecule has 3 aromatic rings. The van der Waals surface area contributed by atoms with Gasteiger partial charge in [0.1, 0.15) is 17.9 Å². The number of carbonyl (C=O) groups excluding carboxylic acids is 3. The summed E-state index contributed by atoms with van der Waals surface area (Å²) in [6.07, 6.45) is 3.65. The van der Waals surface area contributed by atoms with Crippen LogP contribution in [-0.4, -0.2) is 71.1 Å². The number of carbonyl (C=O) groups is 3. The molecule has 1 aliphatic heterocycles. The van der Waals surface area contributed by atoms with Crippen LogP contribution >= 0.6 is 11.3 Å². The number of unbranched alkanes of at least 4 members (excludes halogenated alkanes) is 1. The number of hydrogen-bond donors (Lipinski definition) is 0. The van der Waals surface area contributed by atoms with E-state index in [1.54, 1.807) is 21.1 Å². The Kier molecular flexibility index (Phi) is 14.2. The Morgan fingerprint density at radius 2 is 1.68 bits per heavy atom. The highest BCUT2D eigenvalue weighted by atomic mass is 32.1. The number of ether oxygens (including phenoxy) is 4. The first-order chi connectivity index (χ1) is 26.9. The molecule has 2 heterocycles. The van der Waals surface area contributed by atoms with Crippen LogP contribution in [0.2, 0.25) is 0 Å². The number of thiophene rings is 1. The smallest absolute Gasteiger partial charge is 0.412 e. The maximum atomic E-state index is 13.9. The molecule has 1 aromatic heterocycles. The van der Waals surface area contributed by atoms with E-state index in [0.717, 1.165) is 59.2 Å². The summed E-state index contributed by atoms with van der Waals surface area (Å²) in [5.41, 5.74) is 2.80. The Hall–Kier alpha value is -4.33. The van der Waals surface area contributed by atoms with Crippen LogP contribution < -0.4 is 0 Å². The summed E-state index contributed by atoms with van der Waals surface area (Å²) in [7, 11) is 0. The van der Waals surface area contributed by atoms with Crippen molar-refractivity contribution in [2.24, 2.45) is 11.3 Å². The lowest BCUT2D eigenvalue weighted by Crippen LogP contribution is -2.52. The zero-order chi connectivity index (χ0) is 41.5. The van der Waals surface area contributed by atoms with Crippen molar-refractivity contribution in [1.82, 2.24) is 9.80 Å². The van der Waals surface area contributed by atoms with Crippen molar-refractivity contribution in [2.75, 3.05) is 19.7 Å². The molecule has 1 aliphatic carbocycles. The Morgan fingerprint density at radius 1 is 0.982 bits per heavy atom. The normalized spacial score (nSPS) is 18.3. The van der Waals surface area contributed by atoms with E-state index in [2.05, 4.69) is 46.5 Å². The molecule has 308 valence electrons. The fourth-order valence-corrected chi connectivity index (χ4v) is 8.67. The molecule has 2 amide bonds. The van der Waals surface area contributed by atoms with E-state index in [1.807, 2.05) is 89.2 Å². The number of aryl methyl sites for hydroxylation is 1. The lowest BCUT2D eigenvalue weighted by Gasteiger charge is -2.35. The van der Waals surface area contributed by atoms with Crippen LogP contribution in [0.1, 0.15) is 131 Å². The van der Waals surface area contributed by atoms with Crippen molar-refractivity contribution in [3.63, 3.8) is 0 Å². The van der Waals surface area contributed by atoms with Gasteiger partial charge in [-0.05, 0) is 113 Å². The molecule has 2 atom stereocenters. The fraction of sp³-hybridized carbons (Fsp3) is 0.553. The Balaban J connectivity index is 1.40. The molecule has 9 nitrogen and oxygen atoms in total. The van der Waals surface area contributed by atoms with Crippen LogP contribution in [0.15, 0.2) is 54.6 Å². The number of esters is 1. The predicted octanol–water partition coefficient (Wildman–Crippen LogP) is 10.2. The SMILES string of the molecule is CCCCOC(=O)c1c(C#Cc2ccc(C[C@H]3[C@@H](CN(CC(C)C)C(=O)OCc4ccccc4)OC(C)(C)N3C(=O)OC(C)(C)C)cc2)sc2c1CC(C)(C)CC2. The molecular formula is C47H62N2O7S. The third-order valence-electron chi connectivity index (χ3n) is 10.2. The van der Waals surface area contributed by atoms with E-state index in [-0.39, 0.29) is 30.5 Å². The number of amides is 2. The molecule has 57 heavy (non-hydrogen) atoms. The van der Waals surface area contributed by atoms with E-state index in [1.165, 1.54) is 4.88 Å². The molecule has 2 aliphatic rings. The second-order valence-electron chi connectivity index (χ2n) is 18.0. The molecule has 2 aromatic carbocycles. The minimum Gasteiger partial charge on any atom is -0.462 e. The molecule has 10 heteroatoms. The van der Waals surface area contributed by atoms with Gasteiger partial charge in [-0.15, -0.1) is 11.3 Å². The van der Waals surface area contributed by atoms with E-state index < -0.39 is 35.7 Å². The van der Waals surface area contributed by atoms with E-state index in [4.69, 9.17) is 18.9 Å². The van der Waals surface area contributed by atoms with E-state index in [9.17, 15) is 14.4 Å². The zero-order valence-electron chi connectivity index (χ0n) is 35.7. The standard InChI is InChI=1S/C47H62N2O7S/c1-11-12-26-53-42(50)41-36-28-46(7,8)25-24-39(36)57-40(41)23-22-33-18-20-34(21-19-33)27-37-38(55-47(9,10)49(37)44(52)56-45(4,5)6)30-48(29-32(2)3)43(51)54-31-35-16-14-13-15-17-35/h13-21,32,37-38H,11-12,24-31H2,1-10H3/t37-,38+/m0/s1. The van der Waals surface area contributed by atoms with Gasteiger partial charge >= 0.3 is 18.2 Å². The summed E-state index contributed by atoms with van der Waals surface area (Å²) in [6.45, 7) is 21.2.